The highest BCUT2D eigenvalue weighted by Gasteiger charge is 2.52. The zero-order chi connectivity index (χ0) is 11.7. The summed E-state index contributed by atoms with van der Waals surface area (Å²) in [6.45, 7) is 3.81. The Balaban J connectivity index is 3.06. The molecule has 0 aromatic carbocycles. The van der Waals surface area contributed by atoms with E-state index in [1.165, 1.54) is 0 Å². The van der Waals surface area contributed by atoms with E-state index in [-0.39, 0.29) is 30.7 Å². The zero-order valence-electron chi connectivity index (χ0n) is 9.44. The summed E-state index contributed by atoms with van der Waals surface area (Å²) in [5.74, 6) is 0.265. The third-order valence-corrected chi connectivity index (χ3v) is 6.56. The molecule has 1 fully saturated rings. The number of rotatable bonds is 4. The molecule has 0 aromatic heterocycles. The van der Waals surface area contributed by atoms with Crippen LogP contribution in [-0.4, -0.2) is 37.2 Å². The summed E-state index contributed by atoms with van der Waals surface area (Å²) >= 11 is 0. The van der Waals surface area contributed by atoms with E-state index in [0.717, 1.165) is 6.42 Å². The van der Waals surface area contributed by atoms with E-state index < -0.39 is 14.6 Å². The summed E-state index contributed by atoms with van der Waals surface area (Å²) in [5.41, 5.74) is 5.68. The topological polar surface area (TPSA) is 80.4 Å². The largest absolute Gasteiger partial charge is 0.396 e. The second-order valence-corrected chi connectivity index (χ2v) is 7.18. The first-order chi connectivity index (χ1) is 6.93. The maximum Gasteiger partial charge on any atom is 0.157 e. The minimum atomic E-state index is -3.14. The summed E-state index contributed by atoms with van der Waals surface area (Å²) < 4.78 is 23.3. The molecule has 1 rings (SSSR count). The van der Waals surface area contributed by atoms with Gasteiger partial charge >= 0.3 is 0 Å². The van der Waals surface area contributed by atoms with E-state index in [2.05, 4.69) is 0 Å². The van der Waals surface area contributed by atoms with Crippen LogP contribution >= 0.6 is 0 Å². The highest BCUT2D eigenvalue weighted by Crippen LogP contribution is 2.44. The molecule has 0 radical (unpaired) electrons. The van der Waals surface area contributed by atoms with Crippen molar-refractivity contribution in [2.24, 2.45) is 17.6 Å². The first-order valence-corrected chi connectivity index (χ1v) is 7.12. The normalized spacial score (nSPS) is 37.1. The van der Waals surface area contributed by atoms with Gasteiger partial charge in [-0.2, -0.15) is 0 Å². The first kappa shape index (κ1) is 12.9. The molecule has 0 spiro atoms. The Kier molecular flexibility index (Phi) is 3.79. The molecule has 3 N–H and O–H groups in total. The first-order valence-electron chi connectivity index (χ1n) is 5.46. The van der Waals surface area contributed by atoms with E-state index in [1.807, 2.05) is 6.92 Å². The predicted molar refractivity (Wildman–Crippen MR) is 60.2 cm³/mol. The van der Waals surface area contributed by atoms with Gasteiger partial charge in [-0.15, -0.1) is 0 Å². The second kappa shape index (κ2) is 4.39. The van der Waals surface area contributed by atoms with Gasteiger partial charge in [0, 0.05) is 18.9 Å². The maximum atomic E-state index is 12.1. The summed E-state index contributed by atoms with van der Waals surface area (Å²) in [5, 5.41) is 9.11. The number of aliphatic hydroxyl groups excluding tert-OH is 1. The lowest BCUT2D eigenvalue weighted by Crippen LogP contribution is -2.48. The van der Waals surface area contributed by atoms with E-state index in [9.17, 15) is 8.42 Å². The van der Waals surface area contributed by atoms with Gasteiger partial charge in [0.05, 0.1) is 4.75 Å². The molecule has 90 valence electrons. The second-order valence-electron chi connectivity index (χ2n) is 4.56. The molecule has 1 saturated carbocycles. The maximum absolute atomic E-state index is 12.1. The average molecular weight is 235 g/mol. The van der Waals surface area contributed by atoms with Crippen molar-refractivity contribution in [3.8, 4) is 0 Å². The van der Waals surface area contributed by atoms with Crippen molar-refractivity contribution in [3.63, 3.8) is 0 Å². The Morgan fingerprint density at radius 2 is 2.13 bits per heavy atom. The van der Waals surface area contributed by atoms with Gasteiger partial charge in [0.15, 0.2) is 9.84 Å². The van der Waals surface area contributed by atoms with Crippen molar-refractivity contribution < 1.29 is 13.5 Å². The van der Waals surface area contributed by atoms with Gasteiger partial charge in [0.2, 0.25) is 0 Å². The minimum absolute atomic E-state index is 0.0459. The van der Waals surface area contributed by atoms with Gasteiger partial charge in [-0.3, -0.25) is 0 Å². The monoisotopic (exact) mass is 235 g/mol. The van der Waals surface area contributed by atoms with Crippen molar-refractivity contribution >= 4 is 9.84 Å². The molecular weight excluding hydrogens is 214 g/mol. The van der Waals surface area contributed by atoms with Crippen LogP contribution in [0.5, 0.6) is 0 Å². The number of hydrogen-bond acceptors (Lipinski definition) is 4. The fraction of sp³-hybridized carbons (Fsp3) is 1.00. The third kappa shape index (κ3) is 1.92. The molecule has 0 bridgehead atoms. The predicted octanol–water partition coefficient (Wildman–Crippen LogP) is 0.157. The molecule has 0 heterocycles. The van der Waals surface area contributed by atoms with Crippen LogP contribution in [0.15, 0.2) is 0 Å². The summed E-state index contributed by atoms with van der Waals surface area (Å²) in [6, 6.07) is 0. The van der Waals surface area contributed by atoms with Crippen LogP contribution < -0.4 is 5.73 Å². The quantitative estimate of drug-likeness (QED) is 0.727. The Bertz CT molecular complexity index is 315. The lowest BCUT2D eigenvalue weighted by molar-refractivity contribution is 0.226. The fourth-order valence-corrected chi connectivity index (χ4v) is 4.79. The van der Waals surface area contributed by atoms with Gasteiger partial charge in [-0.05, 0) is 24.7 Å². The van der Waals surface area contributed by atoms with Crippen molar-refractivity contribution in [1.82, 2.24) is 0 Å². The fourth-order valence-electron chi connectivity index (χ4n) is 2.76. The molecule has 1 aliphatic carbocycles. The average Bonchev–Trinajstić information content (AvgIpc) is 2.56. The standard InChI is InChI=1S/C10H21NO3S/c1-3-15(13,14)10(7-11)5-9(6-12)4-8(10)2/h8-9,12H,3-7,11H2,1-2H3/t8-,9+,10-/m0/s1. The van der Waals surface area contributed by atoms with Crippen LogP contribution in [0.3, 0.4) is 0 Å². The summed E-state index contributed by atoms with van der Waals surface area (Å²) in [6.07, 6.45) is 1.27. The van der Waals surface area contributed by atoms with E-state index in [1.54, 1.807) is 6.92 Å². The van der Waals surface area contributed by atoms with Gasteiger partial charge < -0.3 is 10.8 Å². The van der Waals surface area contributed by atoms with Gasteiger partial charge in [0.1, 0.15) is 0 Å². The van der Waals surface area contributed by atoms with Crippen molar-refractivity contribution in [1.29, 1.82) is 0 Å². The van der Waals surface area contributed by atoms with Gasteiger partial charge in [-0.1, -0.05) is 13.8 Å². The van der Waals surface area contributed by atoms with E-state index in [0.29, 0.717) is 6.42 Å². The van der Waals surface area contributed by atoms with Crippen LogP contribution in [0.1, 0.15) is 26.7 Å². The zero-order valence-corrected chi connectivity index (χ0v) is 10.3. The Morgan fingerprint density at radius 1 is 1.53 bits per heavy atom. The molecule has 0 amide bonds. The van der Waals surface area contributed by atoms with Gasteiger partial charge in [0.25, 0.3) is 0 Å². The molecule has 1 aliphatic rings. The number of sulfone groups is 1. The lowest BCUT2D eigenvalue weighted by Gasteiger charge is -2.31. The number of aliphatic hydroxyl groups is 1. The molecule has 15 heavy (non-hydrogen) atoms. The van der Waals surface area contributed by atoms with Crippen molar-refractivity contribution in [3.05, 3.63) is 0 Å². The van der Waals surface area contributed by atoms with E-state index >= 15 is 0 Å². The Hall–Kier alpha value is -0.130. The SMILES string of the molecule is CCS(=O)(=O)[C@]1(CN)C[C@H](CO)C[C@@H]1C. The molecule has 0 unspecified atom stereocenters. The Morgan fingerprint density at radius 3 is 2.47 bits per heavy atom. The molecule has 5 heteroatoms. The van der Waals surface area contributed by atoms with Crippen molar-refractivity contribution in [2.45, 2.75) is 31.4 Å². The van der Waals surface area contributed by atoms with Crippen LogP contribution in [-0.2, 0) is 9.84 Å². The van der Waals surface area contributed by atoms with Gasteiger partial charge in [-0.25, -0.2) is 8.42 Å². The molecule has 3 atom stereocenters. The van der Waals surface area contributed by atoms with Crippen LogP contribution in [0, 0.1) is 11.8 Å². The van der Waals surface area contributed by atoms with Crippen LogP contribution in [0.2, 0.25) is 0 Å². The minimum Gasteiger partial charge on any atom is -0.396 e. The summed E-state index contributed by atoms with van der Waals surface area (Å²) in [4.78, 5) is 0. The highest BCUT2D eigenvalue weighted by atomic mass is 32.2. The van der Waals surface area contributed by atoms with Crippen molar-refractivity contribution in [2.75, 3.05) is 18.9 Å². The van der Waals surface area contributed by atoms with Crippen LogP contribution in [0.25, 0.3) is 0 Å². The van der Waals surface area contributed by atoms with E-state index in [4.69, 9.17) is 10.8 Å². The summed E-state index contributed by atoms with van der Waals surface area (Å²) in [7, 11) is -3.14. The molecule has 0 aromatic rings. The lowest BCUT2D eigenvalue weighted by atomic mass is 9.97. The smallest absolute Gasteiger partial charge is 0.157 e. The number of hydrogen-bond donors (Lipinski definition) is 2. The third-order valence-electron chi connectivity index (χ3n) is 3.82. The Labute approximate surface area is 91.8 Å². The number of nitrogens with two attached hydrogens (primary N) is 1. The highest BCUT2D eigenvalue weighted by molar-refractivity contribution is 7.92. The molecule has 0 aliphatic heterocycles. The molecule has 4 nitrogen and oxygen atoms in total. The molecular formula is C10H21NO3S. The van der Waals surface area contributed by atoms with Crippen LogP contribution in [0.4, 0.5) is 0 Å². The molecule has 0 saturated heterocycles.